The number of nitrogens with zero attached hydrogens (tertiary/aromatic N) is 4. The van der Waals surface area contributed by atoms with Crippen LogP contribution < -0.4 is 15.5 Å². The molecule has 2 aromatic rings. The maximum absolute atomic E-state index is 14.2. The lowest BCUT2D eigenvalue weighted by Gasteiger charge is -2.42. The number of halogens is 3. The summed E-state index contributed by atoms with van der Waals surface area (Å²) in [5.74, 6) is -5.13. The van der Waals surface area contributed by atoms with Gasteiger partial charge in [-0.25, -0.2) is 23.0 Å². The molecule has 0 aromatic heterocycles. The summed E-state index contributed by atoms with van der Waals surface area (Å²) in [6.07, 6.45) is 1.50. The van der Waals surface area contributed by atoms with Gasteiger partial charge in [-0.1, -0.05) is 12.1 Å². The van der Waals surface area contributed by atoms with Crippen molar-refractivity contribution in [1.82, 2.24) is 20.2 Å². The Morgan fingerprint density at radius 2 is 1.76 bits per heavy atom. The second-order valence-electron chi connectivity index (χ2n) is 9.80. The van der Waals surface area contributed by atoms with E-state index in [2.05, 4.69) is 20.4 Å². The highest BCUT2D eigenvalue weighted by Crippen LogP contribution is 2.36. The van der Waals surface area contributed by atoms with Crippen molar-refractivity contribution in [2.45, 2.75) is 26.3 Å². The first-order valence-corrected chi connectivity index (χ1v) is 13.1. The van der Waals surface area contributed by atoms with Gasteiger partial charge in [-0.15, -0.1) is 0 Å². The van der Waals surface area contributed by atoms with Crippen molar-refractivity contribution in [3.8, 4) is 0 Å². The molecule has 1 atom stereocenters. The Balaban J connectivity index is 1.46. The molecule has 0 bridgehead atoms. The minimum absolute atomic E-state index is 0.0160. The molecule has 41 heavy (non-hydrogen) atoms. The second-order valence-corrected chi connectivity index (χ2v) is 9.80. The third kappa shape index (κ3) is 6.35. The summed E-state index contributed by atoms with van der Waals surface area (Å²) in [5.41, 5.74) is 1.65. The Bertz CT molecular complexity index is 1340. The first kappa shape index (κ1) is 29.6. The van der Waals surface area contributed by atoms with Crippen molar-refractivity contribution in [2.24, 2.45) is 0 Å². The van der Waals surface area contributed by atoms with Gasteiger partial charge in [-0.2, -0.15) is 0 Å². The van der Waals surface area contributed by atoms with Crippen LogP contribution in [0.25, 0.3) is 0 Å². The van der Waals surface area contributed by atoms with E-state index < -0.39 is 35.3 Å². The number of hydrazine groups is 1. The quantitative estimate of drug-likeness (QED) is 0.317. The van der Waals surface area contributed by atoms with Gasteiger partial charge in [0, 0.05) is 50.5 Å². The van der Waals surface area contributed by atoms with E-state index in [1.807, 2.05) is 24.3 Å². The number of rotatable bonds is 11. The number of para-hydroxylation sites is 2. The second kappa shape index (κ2) is 12.9. The van der Waals surface area contributed by atoms with Crippen LogP contribution >= 0.6 is 0 Å². The van der Waals surface area contributed by atoms with E-state index in [9.17, 15) is 32.3 Å². The summed E-state index contributed by atoms with van der Waals surface area (Å²) in [5, 5.41) is 7.25. The molecular formula is C28H31F3N6O4. The van der Waals surface area contributed by atoms with Crippen molar-refractivity contribution in [3.05, 3.63) is 70.7 Å². The molecule has 1 unspecified atom stereocenters. The Labute approximate surface area is 235 Å². The number of carbonyl (C=O) groups excluding carboxylic acids is 4. The number of anilines is 2. The minimum Gasteiger partial charge on any atom is -0.367 e. The number of nitrogens with one attached hydrogen (secondary N) is 2. The third-order valence-electron chi connectivity index (χ3n) is 7.22. The van der Waals surface area contributed by atoms with Crippen molar-refractivity contribution in [3.63, 3.8) is 0 Å². The molecule has 4 rings (SSSR count). The maximum Gasteiger partial charge on any atom is 0.341 e. The molecule has 0 saturated carbocycles. The summed E-state index contributed by atoms with van der Waals surface area (Å²) in [6, 6.07) is 6.83. The summed E-state index contributed by atoms with van der Waals surface area (Å²) in [4.78, 5) is 53.1. The number of allylic oxidation sites excluding steroid dienone is 1. The zero-order chi connectivity index (χ0) is 29.7. The van der Waals surface area contributed by atoms with Crippen molar-refractivity contribution in [1.29, 1.82) is 0 Å². The number of hydrogen-bond acceptors (Lipinski definition) is 6. The Morgan fingerprint density at radius 3 is 2.37 bits per heavy atom. The SMILES string of the molecule is CC(=O)C1=C(C)NC(=O)N(N(C=O)CCCN2CCN(c3ccccc3NC=O)CC2)C1c1cc(F)c(F)c(F)c1. The Kier molecular flexibility index (Phi) is 9.28. The van der Waals surface area contributed by atoms with Gasteiger partial charge in [-0.05, 0) is 50.1 Å². The summed E-state index contributed by atoms with van der Waals surface area (Å²) < 4.78 is 42.1. The van der Waals surface area contributed by atoms with E-state index in [1.54, 1.807) is 0 Å². The smallest absolute Gasteiger partial charge is 0.341 e. The monoisotopic (exact) mass is 572 g/mol. The summed E-state index contributed by atoms with van der Waals surface area (Å²) >= 11 is 0. The van der Waals surface area contributed by atoms with Crippen LogP contribution in [0.3, 0.4) is 0 Å². The fraction of sp³-hybridized carbons (Fsp3) is 0.357. The van der Waals surface area contributed by atoms with E-state index in [4.69, 9.17) is 0 Å². The van der Waals surface area contributed by atoms with Crippen LogP contribution in [0, 0.1) is 17.5 Å². The van der Waals surface area contributed by atoms with E-state index >= 15 is 0 Å². The van der Waals surface area contributed by atoms with Crippen LogP contribution in [0.2, 0.25) is 0 Å². The number of Topliss-reactive ketones (excluding diaryl/α,β-unsaturated/α-hetero) is 1. The Morgan fingerprint density at radius 1 is 1.10 bits per heavy atom. The largest absolute Gasteiger partial charge is 0.367 e. The molecule has 218 valence electrons. The molecule has 0 aliphatic carbocycles. The molecule has 2 aliphatic heterocycles. The van der Waals surface area contributed by atoms with Crippen LogP contribution in [0.1, 0.15) is 31.9 Å². The fourth-order valence-electron chi connectivity index (χ4n) is 5.31. The Hall–Kier alpha value is -4.39. The zero-order valence-corrected chi connectivity index (χ0v) is 22.7. The normalized spacial score (nSPS) is 17.8. The third-order valence-corrected chi connectivity index (χ3v) is 7.22. The number of carbonyl (C=O) groups is 4. The molecule has 2 aliphatic rings. The van der Waals surface area contributed by atoms with Crippen LogP contribution in [0.4, 0.5) is 29.3 Å². The van der Waals surface area contributed by atoms with E-state index in [-0.39, 0.29) is 23.4 Å². The van der Waals surface area contributed by atoms with Gasteiger partial charge in [-0.3, -0.25) is 24.3 Å². The topological polar surface area (TPSA) is 105 Å². The molecule has 0 radical (unpaired) electrons. The molecule has 1 saturated heterocycles. The highest BCUT2D eigenvalue weighted by Gasteiger charge is 2.40. The van der Waals surface area contributed by atoms with Crippen LogP contribution in [-0.2, 0) is 14.4 Å². The molecule has 13 heteroatoms. The molecule has 10 nitrogen and oxygen atoms in total. The number of urea groups is 1. The maximum atomic E-state index is 14.2. The van der Waals surface area contributed by atoms with E-state index in [1.165, 1.54) is 13.8 Å². The highest BCUT2D eigenvalue weighted by molar-refractivity contribution is 5.98. The molecular weight excluding hydrogens is 541 g/mol. The van der Waals surface area contributed by atoms with Gasteiger partial charge in [0.1, 0.15) is 6.04 Å². The van der Waals surface area contributed by atoms with Crippen LogP contribution in [0.5, 0.6) is 0 Å². The van der Waals surface area contributed by atoms with Crippen LogP contribution in [0.15, 0.2) is 47.7 Å². The van der Waals surface area contributed by atoms with Gasteiger partial charge in [0.25, 0.3) is 0 Å². The van der Waals surface area contributed by atoms with Crippen molar-refractivity contribution < 1.29 is 32.3 Å². The number of hydrogen-bond donors (Lipinski definition) is 2. The van der Waals surface area contributed by atoms with Gasteiger partial charge < -0.3 is 15.5 Å². The predicted octanol–water partition coefficient (Wildman–Crippen LogP) is 3.19. The molecule has 1 fully saturated rings. The molecule has 0 spiro atoms. The molecule has 4 amide bonds. The summed E-state index contributed by atoms with van der Waals surface area (Å²) in [6.45, 7) is 6.20. The lowest BCUT2D eigenvalue weighted by molar-refractivity contribution is -0.134. The molecule has 2 aromatic carbocycles. The molecule has 2 N–H and O–H groups in total. The number of piperazine rings is 1. The lowest BCUT2D eigenvalue weighted by atomic mass is 9.92. The number of ketones is 1. The lowest BCUT2D eigenvalue weighted by Crippen LogP contribution is -2.56. The fourth-order valence-corrected chi connectivity index (χ4v) is 5.31. The van der Waals surface area contributed by atoms with Gasteiger partial charge >= 0.3 is 6.03 Å². The van der Waals surface area contributed by atoms with Gasteiger partial charge in [0.2, 0.25) is 12.8 Å². The highest BCUT2D eigenvalue weighted by atomic mass is 19.2. The van der Waals surface area contributed by atoms with Crippen molar-refractivity contribution >= 4 is 36.0 Å². The van der Waals surface area contributed by atoms with Crippen LogP contribution in [-0.4, -0.2) is 78.8 Å². The predicted molar refractivity (Wildman–Crippen MR) is 145 cm³/mol. The average molecular weight is 573 g/mol. The van der Waals surface area contributed by atoms with E-state index in [0.29, 0.717) is 52.0 Å². The average Bonchev–Trinajstić information content (AvgIpc) is 2.94. The summed E-state index contributed by atoms with van der Waals surface area (Å²) in [7, 11) is 0. The van der Waals surface area contributed by atoms with Crippen molar-refractivity contribution in [2.75, 3.05) is 49.5 Å². The standard InChI is InChI=1S/C28H31F3N6O4/c1-18-25(19(2)40)27(20-14-21(29)26(31)22(30)15-20)37(28(41)33-18)36(17-39)9-5-8-34-10-12-35(13-11-34)24-7-4-3-6-23(24)32-16-38/h3-4,6-7,14-17,27H,5,8-13H2,1-2H3,(H,32,38)(H,33,41). The van der Waals surface area contributed by atoms with Gasteiger partial charge in [0.05, 0.1) is 11.4 Å². The van der Waals surface area contributed by atoms with Gasteiger partial charge in [0.15, 0.2) is 23.2 Å². The number of amides is 4. The minimum atomic E-state index is -1.68. The molecule has 2 heterocycles. The van der Waals surface area contributed by atoms with E-state index in [0.717, 1.165) is 33.5 Å². The first-order chi connectivity index (χ1) is 19.7. The zero-order valence-electron chi connectivity index (χ0n) is 22.7. The number of benzene rings is 2. The first-order valence-electron chi connectivity index (χ1n) is 13.1.